The fourth-order valence-electron chi connectivity index (χ4n) is 3.21. The lowest BCUT2D eigenvalue weighted by molar-refractivity contribution is -0.00749. The first kappa shape index (κ1) is 7.60. The van der Waals surface area contributed by atoms with Crippen LogP contribution in [0.25, 0.3) is 0 Å². The summed E-state index contributed by atoms with van der Waals surface area (Å²) in [5, 5.41) is 0. The molecular weight excluding hydrogens is 134 g/mol. The third-order valence-corrected chi connectivity index (χ3v) is 3.42. The molecule has 2 rings (SSSR count). The van der Waals surface area contributed by atoms with Crippen LogP contribution in [-0.4, -0.2) is 25.0 Å². The SMILES string of the molecule is CN1CCC[C@]2(C1)C[C@@H](C)C2. The molecule has 0 unspecified atom stereocenters. The molecule has 0 radical (unpaired) electrons. The number of piperidine rings is 1. The van der Waals surface area contributed by atoms with Gasteiger partial charge in [0.1, 0.15) is 0 Å². The van der Waals surface area contributed by atoms with E-state index >= 15 is 0 Å². The molecule has 0 aromatic carbocycles. The van der Waals surface area contributed by atoms with Crippen molar-refractivity contribution in [3.05, 3.63) is 0 Å². The van der Waals surface area contributed by atoms with Crippen LogP contribution in [0.4, 0.5) is 0 Å². The van der Waals surface area contributed by atoms with Crippen molar-refractivity contribution in [1.82, 2.24) is 4.90 Å². The average Bonchev–Trinajstić information content (AvgIpc) is 1.84. The molecule has 2 aliphatic rings. The summed E-state index contributed by atoms with van der Waals surface area (Å²) < 4.78 is 0. The van der Waals surface area contributed by atoms with E-state index in [0.717, 1.165) is 11.3 Å². The van der Waals surface area contributed by atoms with E-state index in [1.807, 2.05) is 0 Å². The summed E-state index contributed by atoms with van der Waals surface area (Å²) in [6.45, 7) is 5.09. The highest BCUT2D eigenvalue weighted by molar-refractivity contribution is 4.95. The summed E-state index contributed by atoms with van der Waals surface area (Å²) in [5.74, 6) is 1.02. The van der Waals surface area contributed by atoms with Gasteiger partial charge in [0.25, 0.3) is 0 Å². The van der Waals surface area contributed by atoms with Crippen molar-refractivity contribution in [3.8, 4) is 0 Å². The summed E-state index contributed by atoms with van der Waals surface area (Å²) >= 11 is 0. The van der Waals surface area contributed by atoms with Crippen LogP contribution in [0.3, 0.4) is 0 Å². The first-order valence-electron chi connectivity index (χ1n) is 4.89. The summed E-state index contributed by atoms with van der Waals surface area (Å²) in [6, 6.07) is 0. The van der Waals surface area contributed by atoms with Gasteiger partial charge in [-0.15, -0.1) is 0 Å². The van der Waals surface area contributed by atoms with Crippen molar-refractivity contribution in [3.63, 3.8) is 0 Å². The molecule has 0 bridgehead atoms. The van der Waals surface area contributed by atoms with Crippen LogP contribution in [0.15, 0.2) is 0 Å². The first-order chi connectivity index (χ1) is 5.20. The first-order valence-corrected chi connectivity index (χ1v) is 4.89. The Balaban J connectivity index is 1.93. The Bertz CT molecular complexity index is 141. The predicted molar refractivity (Wildman–Crippen MR) is 47.6 cm³/mol. The van der Waals surface area contributed by atoms with Crippen LogP contribution in [-0.2, 0) is 0 Å². The number of likely N-dealkylation sites (tertiary alicyclic amines) is 1. The highest BCUT2D eigenvalue weighted by atomic mass is 15.1. The number of hydrogen-bond acceptors (Lipinski definition) is 1. The van der Waals surface area contributed by atoms with Crippen molar-refractivity contribution in [1.29, 1.82) is 0 Å². The van der Waals surface area contributed by atoms with Gasteiger partial charge < -0.3 is 4.90 Å². The molecule has 0 aromatic heterocycles. The van der Waals surface area contributed by atoms with E-state index in [1.54, 1.807) is 0 Å². The second-order valence-corrected chi connectivity index (χ2v) is 4.85. The van der Waals surface area contributed by atoms with Crippen LogP contribution >= 0.6 is 0 Å². The highest BCUT2D eigenvalue weighted by Crippen LogP contribution is 2.50. The van der Waals surface area contributed by atoms with Crippen molar-refractivity contribution in [2.75, 3.05) is 20.1 Å². The molecule has 1 aliphatic heterocycles. The fourth-order valence-corrected chi connectivity index (χ4v) is 3.21. The van der Waals surface area contributed by atoms with Gasteiger partial charge in [0, 0.05) is 6.54 Å². The molecule has 0 N–H and O–H groups in total. The van der Waals surface area contributed by atoms with E-state index < -0.39 is 0 Å². The molecule has 0 aromatic rings. The van der Waals surface area contributed by atoms with Gasteiger partial charge in [-0.2, -0.15) is 0 Å². The number of nitrogens with zero attached hydrogens (tertiary/aromatic N) is 1. The maximum Gasteiger partial charge on any atom is 0.00351 e. The largest absolute Gasteiger partial charge is 0.306 e. The topological polar surface area (TPSA) is 3.24 Å². The van der Waals surface area contributed by atoms with Gasteiger partial charge in [0.15, 0.2) is 0 Å². The lowest BCUT2D eigenvalue weighted by atomic mass is 9.59. The Morgan fingerprint density at radius 3 is 2.64 bits per heavy atom. The zero-order chi connectivity index (χ0) is 7.90. The summed E-state index contributed by atoms with van der Waals surface area (Å²) in [5.41, 5.74) is 0.770. The van der Waals surface area contributed by atoms with E-state index in [0.29, 0.717) is 0 Å². The Morgan fingerprint density at radius 1 is 1.36 bits per heavy atom. The summed E-state index contributed by atoms with van der Waals surface area (Å²) in [7, 11) is 2.27. The van der Waals surface area contributed by atoms with Crippen LogP contribution < -0.4 is 0 Å². The monoisotopic (exact) mass is 153 g/mol. The van der Waals surface area contributed by atoms with E-state index in [1.165, 1.54) is 38.8 Å². The normalized spacial score (nSPS) is 45.8. The quantitative estimate of drug-likeness (QED) is 0.515. The van der Waals surface area contributed by atoms with Crippen LogP contribution in [0.5, 0.6) is 0 Å². The van der Waals surface area contributed by atoms with Crippen molar-refractivity contribution in [2.24, 2.45) is 11.3 Å². The van der Waals surface area contributed by atoms with Crippen molar-refractivity contribution < 1.29 is 0 Å². The smallest absolute Gasteiger partial charge is 0.00351 e. The molecule has 0 amide bonds. The molecule has 1 saturated carbocycles. The molecular formula is C10H19N. The molecule has 1 nitrogen and oxygen atoms in total. The van der Waals surface area contributed by atoms with Gasteiger partial charge in [-0.3, -0.25) is 0 Å². The van der Waals surface area contributed by atoms with Crippen LogP contribution in [0, 0.1) is 11.3 Å². The Morgan fingerprint density at radius 2 is 2.09 bits per heavy atom. The molecule has 2 fully saturated rings. The number of rotatable bonds is 0. The molecule has 0 atom stereocenters. The Hall–Kier alpha value is -0.0400. The third kappa shape index (κ3) is 1.31. The van der Waals surface area contributed by atoms with Crippen molar-refractivity contribution >= 4 is 0 Å². The zero-order valence-corrected chi connectivity index (χ0v) is 7.77. The second-order valence-electron chi connectivity index (χ2n) is 4.85. The summed E-state index contributed by atoms with van der Waals surface area (Å²) in [6.07, 6.45) is 5.93. The second kappa shape index (κ2) is 2.48. The van der Waals surface area contributed by atoms with E-state index in [2.05, 4.69) is 18.9 Å². The van der Waals surface area contributed by atoms with Gasteiger partial charge >= 0.3 is 0 Å². The van der Waals surface area contributed by atoms with Gasteiger partial charge in [0.05, 0.1) is 0 Å². The van der Waals surface area contributed by atoms with Gasteiger partial charge in [-0.25, -0.2) is 0 Å². The highest BCUT2D eigenvalue weighted by Gasteiger charge is 2.43. The maximum absolute atomic E-state index is 2.51. The van der Waals surface area contributed by atoms with E-state index in [9.17, 15) is 0 Å². The lowest BCUT2D eigenvalue weighted by Gasteiger charge is -2.51. The van der Waals surface area contributed by atoms with E-state index in [-0.39, 0.29) is 0 Å². The molecule has 64 valence electrons. The standard InChI is InChI=1S/C10H19N/c1-9-6-10(7-9)4-3-5-11(2)8-10/h9H,3-8H2,1-2H3/t9-,10+. The molecule has 1 spiro atoms. The number of hydrogen-bond donors (Lipinski definition) is 0. The maximum atomic E-state index is 2.51. The summed E-state index contributed by atoms with van der Waals surface area (Å²) in [4.78, 5) is 2.51. The predicted octanol–water partition coefficient (Wildman–Crippen LogP) is 2.13. The molecule has 1 heterocycles. The molecule has 11 heavy (non-hydrogen) atoms. The zero-order valence-electron chi connectivity index (χ0n) is 7.77. The minimum Gasteiger partial charge on any atom is -0.306 e. The van der Waals surface area contributed by atoms with Crippen LogP contribution in [0.1, 0.15) is 32.6 Å². The molecule has 1 heteroatoms. The Labute approximate surface area is 69.8 Å². The van der Waals surface area contributed by atoms with Crippen molar-refractivity contribution in [2.45, 2.75) is 32.6 Å². The van der Waals surface area contributed by atoms with E-state index in [4.69, 9.17) is 0 Å². The third-order valence-electron chi connectivity index (χ3n) is 3.42. The minimum absolute atomic E-state index is 0.770. The van der Waals surface area contributed by atoms with Crippen LogP contribution in [0.2, 0.25) is 0 Å². The Kier molecular flexibility index (Phi) is 1.71. The molecule has 1 aliphatic carbocycles. The minimum atomic E-state index is 0.770. The van der Waals surface area contributed by atoms with Gasteiger partial charge in [-0.1, -0.05) is 6.92 Å². The average molecular weight is 153 g/mol. The van der Waals surface area contributed by atoms with Gasteiger partial charge in [0.2, 0.25) is 0 Å². The molecule has 1 saturated heterocycles. The fraction of sp³-hybridized carbons (Fsp3) is 1.00. The van der Waals surface area contributed by atoms with Gasteiger partial charge in [-0.05, 0) is 50.6 Å². The lowest BCUT2D eigenvalue weighted by Crippen LogP contribution is -2.48.